The van der Waals surface area contributed by atoms with Crippen LogP contribution in [0.4, 0.5) is 8.78 Å². The fraction of sp³-hybridized carbons (Fsp3) is 0.286. The fourth-order valence-electron chi connectivity index (χ4n) is 3.67. The van der Waals surface area contributed by atoms with Crippen LogP contribution in [-0.2, 0) is 10.6 Å². The zero-order chi connectivity index (χ0) is 19.7. The predicted molar refractivity (Wildman–Crippen MR) is 101 cm³/mol. The highest BCUT2D eigenvalue weighted by molar-refractivity contribution is 6.03. The van der Waals surface area contributed by atoms with E-state index in [-0.39, 0.29) is 18.2 Å². The summed E-state index contributed by atoms with van der Waals surface area (Å²) in [7, 11) is 1.42. The van der Waals surface area contributed by atoms with Gasteiger partial charge in [0, 0.05) is 12.1 Å². The number of rotatable bonds is 4. The normalized spacial score (nSPS) is 22.6. The van der Waals surface area contributed by atoms with Gasteiger partial charge in [0.25, 0.3) is 5.72 Å². The van der Waals surface area contributed by atoms with Crippen LogP contribution < -0.4 is 4.74 Å². The summed E-state index contributed by atoms with van der Waals surface area (Å²) in [6.07, 6.45) is 3.51. The number of nitrogens with zero attached hydrogens (tertiary/aromatic N) is 2. The summed E-state index contributed by atoms with van der Waals surface area (Å²) in [5, 5.41) is 14.4. The average molecular weight is 386 g/mol. The van der Waals surface area contributed by atoms with Crippen molar-refractivity contribution in [1.29, 1.82) is 0 Å². The van der Waals surface area contributed by atoms with Crippen LogP contribution in [0.1, 0.15) is 24.0 Å². The van der Waals surface area contributed by atoms with Gasteiger partial charge in [-0.1, -0.05) is 11.2 Å². The Hall–Kier alpha value is -2.93. The number of halogens is 2. The number of benzene rings is 2. The Morgan fingerprint density at radius 3 is 2.75 bits per heavy atom. The zero-order valence-corrected chi connectivity index (χ0v) is 15.4. The number of aliphatic hydroxyl groups excluding tert-OH is 1. The number of hydrogen-bond donors (Lipinski definition) is 1. The molecule has 0 bridgehead atoms. The van der Waals surface area contributed by atoms with Gasteiger partial charge in [-0.2, -0.15) is 0 Å². The topological polar surface area (TPSA) is 54.3 Å². The molecule has 2 aromatic carbocycles. The summed E-state index contributed by atoms with van der Waals surface area (Å²) in [4.78, 5) is 7.61. The van der Waals surface area contributed by atoms with Gasteiger partial charge in [-0.05, 0) is 66.5 Å². The first-order valence-electron chi connectivity index (χ1n) is 9.02. The van der Waals surface area contributed by atoms with Crippen molar-refractivity contribution in [2.45, 2.75) is 18.6 Å². The maximum Gasteiger partial charge on any atom is 0.260 e. The third-order valence-corrected chi connectivity index (χ3v) is 5.12. The van der Waals surface area contributed by atoms with Crippen LogP contribution in [0.5, 0.6) is 5.75 Å². The van der Waals surface area contributed by atoms with E-state index in [4.69, 9.17) is 9.57 Å². The van der Waals surface area contributed by atoms with Gasteiger partial charge in [0.05, 0.1) is 7.11 Å². The second kappa shape index (κ2) is 7.24. The van der Waals surface area contributed by atoms with E-state index in [2.05, 4.69) is 5.16 Å². The average Bonchev–Trinajstić information content (AvgIpc) is 3.11. The van der Waals surface area contributed by atoms with E-state index in [0.29, 0.717) is 17.9 Å². The van der Waals surface area contributed by atoms with Crippen LogP contribution >= 0.6 is 0 Å². The highest BCUT2D eigenvalue weighted by atomic mass is 19.1. The van der Waals surface area contributed by atoms with Gasteiger partial charge in [0.15, 0.2) is 17.4 Å². The third kappa shape index (κ3) is 3.01. The molecule has 0 spiro atoms. The van der Waals surface area contributed by atoms with Gasteiger partial charge >= 0.3 is 0 Å². The monoisotopic (exact) mass is 386 g/mol. The fourth-order valence-corrected chi connectivity index (χ4v) is 3.67. The first-order valence-corrected chi connectivity index (χ1v) is 9.02. The van der Waals surface area contributed by atoms with Crippen LogP contribution in [-0.4, -0.2) is 36.1 Å². The van der Waals surface area contributed by atoms with Crippen molar-refractivity contribution in [1.82, 2.24) is 4.90 Å². The molecule has 0 aromatic heterocycles. The van der Waals surface area contributed by atoms with E-state index in [0.717, 1.165) is 24.0 Å². The van der Waals surface area contributed by atoms with Crippen LogP contribution in [0, 0.1) is 11.6 Å². The predicted octanol–water partition coefficient (Wildman–Crippen LogP) is 3.64. The smallest absolute Gasteiger partial charge is 0.260 e. The number of hydrogen-bond acceptors (Lipinski definition) is 5. The number of oxime groups is 1. The summed E-state index contributed by atoms with van der Waals surface area (Å²) >= 11 is 0. The Bertz CT molecular complexity index is 943. The van der Waals surface area contributed by atoms with Crippen molar-refractivity contribution < 1.29 is 23.5 Å². The summed E-state index contributed by atoms with van der Waals surface area (Å²) in [6.45, 7) is 0.310. The standard InChI is InChI=1S/C21H20F2N2O3/c1-27-19-12-14(4-9-18(19)23)11-15-3-2-10-25-20(15)24-28-21(25,13-26)16-5-7-17(22)8-6-16/h4-9,11-12,26H,2-3,10,13H2,1H3/b15-11+. The minimum absolute atomic E-state index is 0.169. The molecule has 0 saturated carbocycles. The van der Waals surface area contributed by atoms with Crippen LogP contribution in [0.15, 0.2) is 53.2 Å². The summed E-state index contributed by atoms with van der Waals surface area (Å²) in [5.74, 6) is 0.00286. The van der Waals surface area contributed by atoms with E-state index >= 15 is 0 Å². The highest BCUT2D eigenvalue weighted by Gasteiger charge is 2.49. The second-order valence-corrected chi connectivity index (χ2v) is 6.77. The Morgan fingerprint density at radius 2 is 2.04 bits per heavy atom. The van der Waals surface area contributed by atoms with Crippen molar-refractivity contribution in [3.05, 3.63) is 70.8 Å². The molecule has 146 valence electrons. The molecule has 2 aromatic rings. The van der Waals surface area contributed by atoms with E-state index in [1.165, 1.54) is 25.3 Å². The molecule has 1 unspecified atom stereocenters. The first-order chi connectivity index (χ1) is 13.6. The lowest BCUT2D eigenvalue weighted by atomic mass is 9.95. The quantitative estimate of drug-likeness (QED) is 0.872. The largest absolute Gasteiger partial charge is 0.494 e. The van der Waals surface area contributed by atoms with Crippen molar-refractivity contribution in [3.63, 3.8) is 0 Å². The summed E-state index contributed by atoms with van der Waals surface area (Å²) in [6, 6.07) is 10.5. The van der Waals surface area contributed by atoms with Gasteiger partial charge in [0.2, 0.25) is 0 Å². The Morgan fingerprint density at radius 1 is 1.25 bits per heavy atom. The van der Waals surface area contributed by atoms with Gasteiger partial charge in [-0.25, -0.2) is 8.78 Å². The molecule has 0 radical (unpaired) electrons. The van der Waals surface area contributed by atoms with E-state index in [9.17, 15) is 13.9 Å². The molecule has 1 fully saturated rings. The SMILES string of the molecule is COc1cc(/C=C2\CCCN3C2=NOC3(CO)c2ccc(F)cc2)ccc1F. The van der Waals surface area contributed by atoms with E-state index in [1.54, 1.807) is 24.3 Å². The minimum Gasteiger partial charge on any atom is -0.494 e. The molecule has 4 rings (SSSR count). The maximum absolute atomic E-state index is 13.7. The van der Waals surface area contributed by atoms with Crippen LogP contribution in [0.2, 0.25) is 0 Å². The molecule has 1 N–H and O–H groups in total. The minimum atomic E-state index is -1.18. The molecule has 0 amide bonds. The molecule has 1 saturated heterocycles. The molecule has 5 nitrogen and oxygen atoms in total. The van der Waals surface area contributed by atoms with Crippen molar-refractivity contribution in [3.8, 4) is 5.75 Å². The molecule has 2 aliphatic rings. The molecule has 7 heteroatoms. The van der Waals surface area contributed by atoms with Crippen LogP contribution in [0.25, 0.3) is 6.08 Å². The van der Waals surface area contributed by atoms with Crippen molar-refractivity contribution in [2.24, 2.45) is 5.16 Å². The van der Waals surface area contributed by atoms with Crippen molar-refractivity contribution in [2.75, 3.05) is 20.3 Å². The van der Waals surface area contributed by atoms with Gasteiger partial charge in [0.1, 0.15) is 12.4 Å². The lowest BCUT2D eigenvalue weighted by molar-refractivity contribution is -0.137. The summed E-state index contributed by atoms with van der Waals surface area (Å²) in [5.41, 5.74) is 1.14. The van der Waals surface area contributed by atoms with Crippen molar-refractivity contribution >= 4 is 11.9 Å². The number of piperidine rings is 1. The molecule has 2 aliphatic heterocycles. The number of amidine groups is 1. The Kier molecular flexibility index (Phi) is 4.77. The Labute approximate surface area is 161 Å². The summed E-state index contributed by atoms with van der Waals surface area (Å²) < 4.78 is 32.1. The number of ether oxygens (including phenoxy) is 1. The zero-order valence-electron chi connectivity index (χ0n) is 15.4. The lowest BCUT2D eigenvalue weighted by Gasteiger charge is -2.38. The molecule has 28 heavy (non-hydrogen) atoms. The van der Waals surface area contributed by atoms with Gasteiger partial charge in [-0.3, -0.25) is 0 Å². The lowest BCUT2D eigenvalue weighted by Crippen LogP contribution is -2.51. The molecular formula is C21H20F2N2O3. The first kappa shape index (κ1) is 18.4. The third-order valence-electron chi connectivity index (χ3n) is 5.12. The van der Waals surface area contributed by atoms with Gasteiger partial charge < -0.3 is 19.6 Å². The molecule has 0 aliphatic carbocycles. The molecular weight excluding hydrogens is 366 g/mol. The maximum atomic E-state index is 13.7. The number of fused-ring (bicyclic) bond motifs is 1. The van der Waals surface area contributed by atoms with E-state index < -0.39 is 11.5 Å². The van der Waals surface area contributed by atoms with Gasteiger partial charge in [-0.15, -0.1) is 0 Å². The number of methoxy groups -OCH3 is 1. The molecule has 2 heterocycles. The Balaban J connectivity index is 1.69. The van der Waals surface area contributed by atoms with Crippen LogP contribution in [0.3, 0.4) is 0 Å². The molecule has 1 atom stereocenters. The second-order valence-electron chi connectivity index (χ2n) is 6.77. The van der Waals surface area contributed by atoms with E-state index in [1.807, 2.05) is 11.0 Å². The highest BCUT2D eigenvalue weighted by Crippen LogP contribution is 2.40. The number of aliphatic hydroxyl groups is 1.